The number of benzene rings is 1. The first kappa shape index (κ1) is 20.2. The van der Waals surface area contributed by atoms with E-state index in [2.05, 4.69) is 24.9 Å². The van der Waals surface area contributed by atoms with Crippen molar-refractivity contribution in [1.82, 2.24) is 9.88 Å². The molecule has 2 N–H and O–H groups in total. The van der Waals surface area contributed by atoms with Gasteiger partial charge >= 0.3 is 0 Å². The average Bonchev–Trinajstić information content (AvgIpc) is 2.65. The topological polar surface area (TPSA) is 92.2 Å². The largest absolute Gasteiger partial charge is 0.483 e. The Morgan fingerprint density at radius 3 is 2.56 bits per heavy atom. The Kier molecular flexibility index (Phi) is 6.40. The summed E-state index contributed by atoms with van der Waals surface area (Å²) in [6.07, 6.45) is 0.704. The van der Waals surface area contributed by atoms with E-state index in [1.807, 2.05) is 25.1 Å². The number of anilines is 1. The third-order valence-electron chi connectivity index (χ3n) is 4.38. The summed E-state index contributed by atoms with van der Waals surface area (Å²) in [5, 5.41) is 9.72. The van der Waals surface area contributed by atoms with Gasteiger partial charge in [-0.15, -0.1) is 0 Å². The number of carbonyl (C=O) groups is 1. The van der Waals surface area contributed by atoms with Crippen LogP contribution >= 0.6 is 0 Å². The molecule has 2 aromatic rings. The first-order chi connectivity index (χ1) is 12.8. The molecule has 27 heavy (non-hydrogen) atoms. The maximum absolute atomic E-state index is 11.9. The zero-order valence-corrected chi connectivity index (χ0v) is 16.5. The fourth-order valence-electron chi connectivity index (χ4n) is 2.97. The van der Waals surface area contributed by atoms with Crippen LogP contribution in [-0.2, 0) is 11.2 Å². The van der Waals surface area contributed by atoms with Crippen molar-refractivity contribution in [3.05, 3.63) is 41.1 Å². The van der Waals surface area contributed by atoms with Crippen LogP contribution in [0.2, 0.25) is 0 Å². The van der Waals surface area contributed by atoms with E-state index in [-0.39, 0.29) is 24.2 Å². The molecule has 0 aliphatic carbocycles. The van der Waals surface area contributed by atoms with Crippen LogP contribution in [0.4, 0.5) is 5.82 Å². The molecular formula is C21H26N4O2. The number of ether oxygens (including phenoxy) is 1. The second-order valence-electron chi connectivity index (χ2n) is 6.80. The number of rotatable bonds is 6. The van der Waals surface area contributed by atoms with Gasteiger partial charge in [-0.05, 0) is 24.0 Å². The van der Waals surface area contributed by atoms with E-state index in [9.17, 15) is 10.1 Å². The van der Waals surface area contributed by atoms with Gasteiger partial charge in [0.15, 0.2) is 6.61 Å². The molecule has 0 atom stereocenters. The number of pyridine rings is 1. The molecule has 0 unspecified atom stereocenters. The smallest absolute Gasteiger partial charge is 0.259 e. The van der Waals surface area contributed by atoms with E-state index in [0.717, 1.165) is 22.4 Å². The van der Waals surface area contributed by atoms with Crippen molar-refractivity contribution in [2.45, 2.75) is 33.1 Å². The minimum Gasteiger partial charge on any atom is -0.483 e. The molecule has 6 nitrogen and oxygen atoms in total. The quantitative estimate of drug-likeness (QED) is 0.846. The molecular weight excluding hydrogens is 340 g/mol. The van der Waals surface area contributed by atoms with Crippen molar-refractivity contribution >= 4 is 11.7 Å². The molecule has 6 heteroatoms. The van der Waals surface area contributed by atoms with E-state index in [1.165, 1.54) is 4.90 Å². The molecule has 0 fully saturated rings. The van der Waals surface area contributed by atoms with Crippen molar-refractivity contribution in [2.24, 2.45) is 0 Å². The number of para-hydroxylation sites is 1. The van der Waals surface area contributed by atoms with Crippen LogP contribution in [-0.4, -0.2) is 36.5 Å². The molecule has 1 heterocycles. The van der Waals surface area contributed by atoms with Gasteiger partial charge in [0.1, 0.15) is 23.2 Å². The van der Waals surface area contributed by atoms with Crippen molar-refractivity contribution in [2.75, 3.05) is 26.4 Å². The predicted octanol–water partition coefficient (Wildman–Crippen LogP) is 3.36. The molecule has 0 saturated heterocycles. The average molecular weight is 366 g/mol. The van der Waals surface area contributed by atoms with Crippen molar-refractivity contribution in [1.29, 1.82) is 5.26 Å². The summed E-state index contributed by atoms with van der Waals surface area (Å²) in [6.45, 7) is 6.05. The second-order valence-corrected chi connectivity index (χ2v) is 6.80. The third-order valence-corrected chi connectivity index (χ3v) is 4.38. The minimum absolute atomic E-state index is 0.0784. The van der Waals surface area contributed by atoms with Crippen molar-refractivity contribution in [3.8, 4) is 22.9 Å². The van der Waals surface area contributed by atoms with Crippen LogP contribution in [0, 0.1) is 11.3 Å². The van der Waals surface area contributed by atoms with Crippen LogP contribution in [0.1, 0.15) is 43.5 Å². The highest BCUT2D eigenvalue weighted by molar-refractivity contribution is 5.83. The van der Waals surface area contributed by atoms with Crippen LogP contribution in [0.15, 0.2) is 24.3 Å². The number of nitrogens with zero attached hydrogens (tertiary/aromatic N) is 3. The van der Waals surface area contributed by atoms with Gasteiger partial charge in [-0.3, -0.25) is 4.79 Å². The monoisotopic (exact) mass is 366 g/mol. The molecule has 1 amide bonds. The Hall–Kier alpha value is -3.07. The molecule has 0 aliphatic heterocycles. The van der Waals surface area contributed by atoms with Gasteiger partial charge < -0.3 is 15.4 Å². The SMILES string of the molecule is CCc1c(C(C)C)nc(N)c(C#N)c1-c1ccccc1OCC(=O)N(C)C. The van der Waals surface area contributed by atoms with Gasteiger partial charge in [-0.2, -0.15) is 5.26 Å². The second kappa shape index (κ2) is 8.54. The summed E-state index contributed by atoms with van der Waals surface area (Å²) < 4.78 is 5.79. The number of amides is 1. The van der Waals surface area contributed by atoms with Gasteiger partial charge in [0.05, 0.1) is 0 Å². The number of nitrogens with two attached hydrogens (primary N) is 1. The third kappa shape index (κ3) is 4.20. The van der Waals surface area contributed by atoms with Gasteiger partial charge in [-0.25, -0.2) is 4.98 Å². The lowest BCUT2D eigenvalue weighted by Gasteiger charge is -2.20. The first-order valence-electron chi connectivity index (χ1n) is 8.96. The first-order valence-corrected chi connectivity index (χ1v) is 8.96. The Labute approximate surface area is 160 Å². The molecule has 2 rings (SSSR count). The molecule has 0 saturated carbocycles. The van der Waals surface area contributed by atoms with E-state index >= 15 is 0 Å². The number of nitrogen functional groups attached to an aromatic ring is 1. The lowest BCUT2D eigenvalue weighted by atomic mass is 9.89. The van der Waals surface area contributed by atoms with E-state index < -0.39 is 0 Å². The van der Waals surface area contributed by atoms with Crippen molar-refractivity contribution in [3.63, 3.8) is 0 Å². The summed E-state index contributed by atoms with van der Waals surface area (Å²) in [7, 11) is 3.36. The Morgan fingerprint density at radius 2 is 2.00 bits per heavy atom. The molecule has 1 aromatic carbocycles. The summed E-state index contributed by atoms with van der Waals surface area (Å²) >= 11 is 0. The van der Waals surface area contributed by atoms with E-state index in [0.29, 0.717) is 17.7 Å². The van der Waals surface area contributed by atoms with Crippen LogP contribution < -0.4 is 10.5 Å². The zero-order valence-electron chi connectivity index (χ0n) is 16.5. The number of nitriles is 1. The Morgan fingerprint density at radius 1 is 1.33 bits per heavy atom. The highest BCUT2D eigenvalue weighted by Gasteiger charge is 2.22. The van der Waals surface area contributed by atoms with Crippen LogP contribution in [0.25, 0.3) is 11.1 Å². The van der Waals surface area contributed by atoms with Crippen LogP contribution in [0.5, 0.6) is 5.75 Å². The molecule has 1 aromatic heterocycles. The summed E-state index contributed by atoms with van der Waals surface area (Å²) in [5.41, 5.74) is 9.79. The molecule has 142 valence electrons. The highest BCUT2D eigenvalue weighted by Crippen LogP contribution is 2.39. The standard InChI is InChI=1S/C21H26N4O2/c1-6-14-19(16(11-22)21(23)24-20(14)13(2)3)15-9-7-8-10-17(15)27-12-18(26)25(4)5/h7-10,13H,6,12H2,1-5H3,(H2,23,24). The lowest BCUT2D eigenvalue weighted by Crippen LogP contribution is -2.27. The molecule has 0 bridgehead atoms. The lowest BCUT2D eigenvalue weighted by molar-refractivity contribution is -0.130. The minimum atomic E-state index is -0.141. The Bertz CT molecular complexity index is 882. The molecule has 0 aliphatic rings. The van der Waals surface area contributed by atoms with Gasteiger partial charge in [0, 0.05) is 30.9 Å². The molecule has 0 spiro atoms. The number of carbonyl (C=O) groups excluding carboxylic acids is 1. The summed E-state index contributed by atoms with van der Waals surface area (Å²) in [4.78, 5) is 17.9. The Balaban J connectivity index is 2.68. The molecule has 0 radical (unpaired) electrons. The highest BCUT2D eigenvalue weighted by atomic mass is 16.5. The fraction of sp³-hybridized carbons (Fsp3) is 0.381. The number of hydrogen-bond acceptors (Lipinski definition) is 5. The predicted molar refractivity (Wildman–Crippen MR) is 106 cm³/mol. The summed E-state index contributed by atoms with van der Waals surface area (Å²) in [6, 6.07) is 9.59. The van der Waals surface area contributed by atoms with Gasteiger partial charge in [0.2, 0.25) is 0 Å². The van der Waals surface area contributed by atoms with Crippen molar-refractivity contribution < 1.29 is 9.53 Å². The van der Waals surface area contributed by atoms with E-state index in [1.54, 1.807) is 20.2 Å². The van der Waals surface area contributed by atoms with Crippen LogP contribution in [0.3, 0.4) is 0 Å². The van der Waals surface area contributed by atoms with E-state index in [4.69, 9.17) is 10.5 Å². The fourth-order valence-corrected chi connectivity index (χ4v) is 2.97. The number of likely N-dealkylation sites (N-methyl/N-ethyl adjacent to an activating group) is 1. The maximum atomic E-state index is 11.9. The maximum Gasteiger partial charge on any atom is 0.259 e. The number of aromatic nitrogens is 1. The van der Waals surface area contributed by atoms with Gasteiger partial charge in [-0.1, -0.05) is 39.0 Å². The summed E-state index contributed by atoms with van der Waals surface area (Å²) in [5.74, 6) is 0.780. The normalized spacial score (nSPS) is 10.6. The zero-order chi connectivity index (χ0) is 20.1. The van der Waals surface area contributed by atoms with Gasteiger partial charge in [0.25, 0.3) is 5.91 Å². The number of hydrogen-bond donors (Lipinski definition) is 1.